The monoisotopic (exact) mass is 273 g/mol. The van der Waals surface area contributed by atoms with Crippen LogP contribution in [0.2, 0.25) is 0 Å². The van der Waals surface area contributed by atoms with Crippen molar-refractivity contribution in [1.29, 1.82) is 0 Å². The van der Waals surface area contributed by atoms with Gasteiger partial charge in [0.2, 0.25) is 0 Å². The van der Waals surface area contributed by atoms with E-state index >= 15 is 0 Å². The largest absolute Gasteiger partial charge is 0.433 e. The second kappa shape index (κ2) is 6.23. The van der Waals surface area contributed by atoms with Crippen LogP contribution in [0.5, 0.6) is 0 Å². The fraction of sp³-hybridized carbons (Fsp3) is 0.471. The maximum Gasteiger partial charge on any atom is 0.332 e. The van der Waals surface area contributed by atoms with Crippen molar-refractivity contribution in [2.75, 3.05) is 7.05 Å². The van der Waals surface area contributed by atoms with E-state index in [-0.39, 0.29) is 12.0 Å². The van der Waals surface area contributed by atoms with Crippen LogP contribution >= 0.6 is 0 Å². The Morgan fingerprint density at radius 3 is 2.50 bits per heavy atom. The molecule has 2 rings (SSSR count). The molecule has 3 nitrogen and oxygen atoms in total. The highest BCUT2D eigenvalue weighted by molar-refractivity contribution is 5.78. The summed E-state index contributed by atoms with van der Waals surface area (Å²) in [5.41, 5.74) is 2.18. The van der Waals surface area contributed by atoms with Crippen molar-refractivity contribution in [1.82, 2.24) is 4.90 Å². The van der Waals surface area contributed by atoms with E-state index in [0.29, 0.717) is 12.0 Å². The van der Waals surface area contributed by atoms with Crippen molar-refractivity contribution in [2.45, 2.75) is 39.3 Å². The van der Waals surface area contributed by atoms with E-state index in [4.69, 9.17) is 4.74 Å². The minimum atomic E-state index is -0.332. The predicted octanol–water partition coefficient (Wildman–Crippen LogP) is 3.45. The van der Waals surface area contributed by atoms with Gasteiger partial charge in [-0.2, -0.15) is 0 Å². The number of nitrogens with zero attached hydrogens (tertiary/aromatic N) is 1. The normalized spacial score (nSPS) is 23.1. The van der Waals surface area contributed by atoms with Crippen LogP contribution in [0.3, 0.4) is 0 Å². The molecule has 0 saturated heterocycles. The van der Waals surface area contributed by atoms with Gasteiger partial charge in [0.15, 0.2) is 0 Å². The van der Waals surface area contributed by atoms with Crippen LogP contribution in [0.25, 0.3) is 0 Å². The Morgan fingerprint density at radius 2 is 2.00 bits per heavy atom. The molecule has 0 spiro atoms. The fourth-order valence-corrected chi connectivity index (χ4v) is 2.55. The van der Waals surface area contributed by atoms with Crippen molar-refractivity contribution in [3.05, 3.63) is 47.7 Å². The minimum Gasteiger partial charge on any atom is -0.433 e. The van der Waals surface area contributed by atoms with E-state index in [1.165, 1.54) is 11.8 Å². The number of ether oxygens (including phenoxy) is 1. The molecule has 0 heterocycles. The summed E-state index contributed by atoms with van der Waals surface area (Å²) in [6.07, 6.45) is 4.33. The summed E-state index contributed by atoms with van der Waals surface area (Å²) in [7, 11) is 2.01. The molecule has 108 valence electrons. The molecule has 1 aromatic carbocycles. The molecule has 20 heavy (non-hydrogen) atoms. The number of hydrogen-bond acceptors (Lipinski definition) is 3. The Hall–Kier alpha value is -1.61. The zero-order valence-corrected chi connectivity index (χ0v) is 12.7. The minimum absolute atomic E-state index is 0.214. The average molecular weight is 273 g/mol. The first-order valence-corrected chi connectivity index (χ1v) is 7.14. The van der Waals surface area contributed by atoms with E-state index in [1.807, 2.05) is 45.2 Å². The summed E-state index contributed by atoms with van der Waals surface area (Å²) >= 11 is 0. The molecule has 0 N–H and O–H groups in total. The third kappa shape index (κ3) is 3.28. The summed E-state index contributed by atoms with van der Waals surface area (Å²) in [5.74, 6) is 0.441. The van der Waals surface area contributed by atoms with Crippen LogP contribution in [0.4, 0.5) is 0 Å². The van der Waals surface area contributed by atoms with Gasteiger partial charge in [-0.25, -0.2) is 4.79 Å². The summed E-state index contributed by atoms with van der Waals surface area (Å²) in [6.45, 7) is 6.09. The molecule has 1 aromatic rings. The van der Waals surface area contributed by atoms with Gasteiger partial charge in [0.05, 0.1) is 6.26 Å². The Morgan fingerprint density at radius 1 is 1.40 bits per heavy atom. The zero-order chi connectivity index (χ0) is 14.7. The van der Waals surface area contributed by atoms with Crippen molar-refractivity contribution in [3.63, 3.8) is 0 Å². The molecule has 1 aliphatic rings. The van der Waals surface area contributed by atoms with Gasteiger partial charge in [-0.3, -0.25) is 4.90 Å². The molecule has 3 atom stereocenters. The van der Waals surface area contributed by atoms with Gasteiger partial charge >= 0.3 is 5.97 Å². The van der Waals surface area contributed by atoms with E-state index in [2.05, 4.69) is 11.8 Å². The summed E-state index contributed by atoms with van der Waals surface area (Å²) in [6, 6.07) is 8.24. The van der Waals surface area contributed by atoms with Crippen LogP contribution in [0, 0.1) is 12.8 Å². The summed E-state index contributed by atoms with van der Waals surface area (Å²) in [5, 5.41) is 0. The number of rotatable bonds is 5. The van der Waals surface area contributed by atoms with Gasteiger partial charge in [0.25, 0.3) is 0 Å². The van der Waals surface area contributed by atoms with Crippen molar-refractivity contribution >= 4 is 5.97 Å². The lowest BCUT2D eigenvalue weighted by molar-refractivity contribution is -0.144. The lowest BCUT2D eigenvalue weighted by atomic mass is 10.0. The number of benzene rings is 1. The highest BCUT2D eigenvalue weighted by atomic mass is 16.5. The van der Waals surface area contributed by atoms with Gasteiger partial charge in [-0.15, -0.1) is 0 Å². The van der Waals surface area contributed by atoms with Crippen molar-refractivity contribution in [2.24, 2.45) is 5.92 Å². The molecule has 1 fully saturated rings. The third-order valence-corrected chi connectivity index (χ3v) is 3.93. The zero-order valence-electron chi connectivity index (χ0n) is 12.7. The standard InChI is InChI=1S/C17H23NO2/c1-5-10-20-17(19)16(18(4)15-11-13(15)3)14-8-6-12(2)7-9-14/h5-10,13,15-16H,11H2,1-4H3/b10-5+. The number of hydrogen-bond donors (Lipinski definition) is 0. The molecule has 3 heteroatoms. The van der Waals surface area contributed by atoms with E-state index in [1.54, 1.807) is 6.08 Å². The second-order valence-corrected chi connectivity index (χ2v) is 5.67. The quantitative estimate of drug-likeness (QED) is 0.608. The third-order valence-electron chi connectivity index (χ3n) is 3.93. The number of aryl methyl sites for hydroxylation is 1. The Balaban J connectivity index is 2.23. The lowest BCUT2D eigenvalue weighted by Gasteiger charge is -2.26. The van der Waals surface area contributed by atoms with Crippen molar-refractivity contribution in [3.8, 4) is 0 Å². The Bertz CT molecular complexity index is 492. The van der Waals surface area contributed by atoms with Crippen LogP contribution < -0.4 is 0 Å². The van der Waals surface area contributed by atoms with Crippen LogP contribution in [0.15, 0.2) is 36.6 Å². The maximum absolute atomic E-state index is 12.4. The Labute approximate surface area is 121 Å². The molecule has 3 unspecified atom stereocenters. The summed E-state index contributed by atoms with van der Waals surface area (Å²) in [4.78, 5) is 14.5. The second-order valence-electron chi connectivity index (χ2n) is 5.67. The average Bonchev–Trinajstić information content (AvgIpc) is 3.16. The number of carbonyl (C=O) groups is 1. The molecule has 0 radical (unpaired) electrons. The molecule has 0 aliphatic heterocycles. The fourth-order valence-electron chi connectivity index (χ4n) is 2.55. The number of carbonyl (C=O) groups excluding carboxylic acids is 1. The highest BCUT2D eigenvalue weighted by Crippen LogP contribution is 2.39. The number of esters is 1. The van der Waals surface area contributed by atoms with E-state index < -0.39 is 0 Å². The molecule has 0 aromatic heterocycles. The molecular formula is C17H23NO2. The first-order valence-electron chi connectivity index (χ1n) is 7.14. The van der Waals surface area contributed by atoms with Crippen LogP contribution in [0.1, 0.15) is 37.4 Å². The van der Waals surface area contributed by atoms with Gasteiger partial charge in [-0.05, 0) is 38.8 Å². The first-order chi connectivity index (χ1) is 9.54. The topological polar surface area (TPSA) is 29.5 Å². The Kier molecular flexibility index (Phi) is 4.61. The van der Waals surface area contributed by atoms with Gasteiger partial charge < -0.3 is 4.74 Å². The molecule has 1 saturated carbocycles. The molecule has 1 aliphatic carbocycles. The van der Waals surface area contributed by atoms with E-state index in [9.17, 15) is 4.79 Å². The lowest BCUT2D eigenvalue weighted by Crippen LogP contribution is -2.34. The summed E-state index contributed by atoms with van der Waals surface area (Å²) < 4.78 is 5.21. The number of likely N-dealkylation sites (N-methyl/N-ethyl adjacent to an activating group) is 1. The highest BCUT2D eigenvalue weighted by Gasteiger charge is 2.42. The maximum atomic E-state index is 12.4. The van der Waals surface area contributed by atoms with Crippen LogP contribution in [-0.2, 0) is 9.53 Å². The van der Waals surface area contributed by atoms with Gasteiger partial charge in [0, 0.05) is 6.04 Å². The van der Waals surface area contributed by atoms with Gasteiger partial charge in [-0.1, -0.05) is 42.8 Å². The van der Waals surface area contributed by atoms with E-state index in [0.717, 1.165) is 12.0 Å². The number of allylic oxidation sites excluding steroid dienone is 1. The van der Waals surface area contributed by atoms with Gasteiger partial charge in [0.1, 0.15) is 6.04 Å². The molecular weight excluding hydrogens is 250 g/mol. The van der Waals surface area contributed by atoms with Crippen LogP contribution in [-0.4, -0.2) is 24.0 Å². The molecule has 0 amide bonds. The molecule has 0 bridgehead atoms. The SMILES string of the molecule is C/C=C/OC(=O)C(c1ccc(C)cc1)N(C)C1CC1C. The predicted molar refractivity (Wildman–Crippen MR) is 80.2 cm³/mol. The van der Waals surface area contributed by atoms with Crippen molar-refractivity contribution < 1.29 is 9.53 Å². The smallest absolute Gasteiger partial charge is 0.332 e. The first kappa shape index (κ1) is 14.8.